The molecule has 4 aliphatic rings. The molecule has 186 valence electrons. The summed E-state index contributed by atoms with van der Waals surface area (Å²) in [6.45, 7) is 5.09. The van der Waals surface area contributed by atoms with Crippen LogP contribution in [0.5, 0.6) is 0 Å². The molecule has 0 aromatic carbocycles. The predicted molar refractivity (Wildman–Crippen MR) is 130 cm³/mol. The molecule has 0 radical (unpaired) electrons. The van der Waals surface area contributed by atoms with Crippen molar-refractivity contribution < 1.29 is 18.6 Å². The molecule has 0 spiro atoms. The summed E-state index contributed by atoms with van der Waals surface area (Å²) in [5.74, 6) is 1.35. The van der Waals surface area contributed by atoms with Gasteiger partial charge in [-0.15, -0.1) is 11.8 Å². The minimum Gasteiger partial charge on any atom is -0.392 e. The van der Waals surface area contributed by atoms with Crippen molar-refractivity contribution in [2.24, 2.45) is 29.6 Å². The van der Waals surface area contributed by atoms with Gasteiger partial charge < -0.3 is 9.84 Å². The van der Waals surface area contributed by atoms with E-state index in [1.165, 1.54) is 32.1 Å². The summed E-state index contributed by atoms with van der Waals surface area (Å²) in [4.78, 5) is 0. The third-order valence-corrected chi connectivity index (χ3v) is 11.3. The van der Waals surface area contributed by atoms with Crippen molar-refractivity contribution in [1.29, 1.82) is 0 Å². The first-order chi connectivity index (χ1) is 15.5. The van der Waals surface area contributed by atoms with Gasteiger partial charge >= 0.3 is 0 Å². The average molecular weight is 473 g/mol. The number of unbranched alkanes of at least 4 members (excludes halogenated alkanes) is 3. The number of rotatable bonds is 9. The molecule has 1 heterocycles. The Kier molecular flexibility index (Phi) is 9.23. The quantitative estimate of drug-likeness (QED) is 0.362. The van der Waals surface area contributed by atoms with E-state index in [-0.39, 0.29) is 40.3 Å². The van der Waals surface area contributed by atoms with Crippen LogP contribution in [0.2, 0.25) is 0 Å². The SMILES string of the molecule is CCCCCCOC1CCC2C3CCC(C(O)C4CCC(CC)CC4)C(F)C3SC2C1F. The van der Waals surface area contributed by atoms with Crippen molar-refractivity contribution in [3.05, 3.63) is 0 Å². The van der Waals surface area contributed by atoms with Gasteiger partial charge in [-0.25, -0.2) is 8.78 Å². The number of halogens is 2. The number of aliphatic hydroxyl groups is 1. The fourth-order valence-electron chi connectivity index (χ4n) is 7.35. The number of hydrogen-bond acceptors (Lipinski definition) is 3. The molecule has 0 bridgehead atoms. The van der Waals surface area contributed by atoms with Gasteiger partial charge in [-0.1, -0.05) is 52.4 Å². The summed E-state index contributed by atoms with van der Waals surface area (Å²) in [6, 6.07) is 0. The molecule has 1 N–H and O–H groups in total. The smallest absolute Gasteiger partial charge is 0.138 e. The molecule has 9 atom stereocenters. The number of fused-ring (bicyclic) bond motifs is 3. The molecule has 3 saturated carbocycles. The van der Waals surface area contributed by atoms with Crippen LogP contribution in [0.25, 0.3) is 0 Å². The van der Waals surface area contributed by atoms with E-state index in [4.69, 9.17) is 4.74 Å². The highest BCUT2D eigenvalue weighted by molar-refractivity contribution is 8.00. The topological polar surface area (TPSA) is 29.5 Å². The first-order valence-electron chi connectivity index (χ1n) is 13.8. The summed E-state index contributed by atoms with van der Waals surface area (Å²) in [7, 11) is 0. The Balaban J connectivity index is 1.31. The van der Waals surface area contributed by atoms with Crippen LogP contribution in [0.3, 0.4) is 0 Å². The van der Waals surface area contributed by atoms with Crippen LogP contribution in [-0.4, -0.2) is 46.8 Å². The van der Waals surface area contributed by atoms with E-state index in [1.54, 1.807) is 11.8 Å². The van der Waals surface area contributed by atoms with E-state index in [0.717, 1.165) is 57.3 Å². The second kappa shape index (κ2) is 11.7. The van der Waals surface area contributed by atoms with Crippen LogP contribution in [0, 0.1) is 29.6 Å². The summed E-state index contributed by atoms with van der Waals surface area (Å²) >= 11 is 1.58. The zero-order chi connectivity index (χ0) is 22.7. The van der Waals surface area contributed by atoms with Crippen LogP contribution in [0.4, 0.5) is 8.78 Å². The standard InChI is InChI=1S/C27H46F2O2S/c1-3-5-6-7-16-31-22-15-14-20-19-12-13-21(23(28)26(19)32-27(20)24(22)29)25(30)18-10-8-17(4-2)9-11-18/h17-27,30H,3-16H2,1-2H3. The van der Waals surface area contributed by atoms with Crippen LogP contribution in [0.1, 0.15) is 97.3 Å². The molecule has 2 nitrogen and oxygen atoms in total. The van der Waals surface area contributed by atoms with Crippen molar-refractivity contribution in [3.63, 3.8) is 0 Å². The highest BCUT2D eigenvalue weighted by Gasteiger charge is 2.57. The summed E-state index contributed by atoms with van der Waals surface area (Å²) in [6.07, 6.45) is 10.9. The van der Waals surface area contributed by atoms with Gasteiger partial charge in [0.05, 0.1) is 12.2 Å². The molecule has 0 aromatic rings. The molecule has 0 amide bonds. The first kappa shape index (κ1) is 25.2. The molecule has 1 aliphatic heterocycles. The molecule has 5 heteroatoms. The Morgan fingerprint density at radius 1 is 0.844 bits per heavy atom. The van der Waals surface area contributed by atoms with Crippen molar-refractivity contribution in [3.8, 4) is 0 Å². The Bertz CT molecular complexity index is 570. The first-order valence-corrected chi connectivity index (χ1v) is 14.7. The minimum atomic E-state index is -0.996. The number of hydrogen-bond donors (Lipinski definition) is 1. The van der Waals surface area contributed by atoms with Gasteiger partial charge in [0.15, 0.2) is 0 Å². The van der Waals surface area contributed by atoms with E-state index in [2.05, 4.69) is 13.8 Å². The molecule has 4 rings (SSSR count). The predicted octanol–water partition coefficient (Wildman–Crippen LogP) is 7.13. The summed E-state index contributed by atoms with van der Waals surface area (Å²) in [5.41, 5.74) is 0. The molecular weight excluding hydrogens is 426 g/mol. The minimum absolute atomic E-state index is 0.117. The maximum atomic E-state index is 15.8. The largest absolute Gasteiger partial charge is 0.392 e. The van der Waals surface area contributed by atoms with E-state index in [9.17, 15) is 5.11 Å². The number of ether oxygens (including phenoxy) is 1. The zero-order valence-corrected chi connectivity index (χ0v) is 21.1. The lowest BCUT2D eigenvalue weighted by Gasteiger charge is -2.42. The summed E-state index contributed by atoms with van der Waals surface area (Å²) in [5, 5.41) is 10.9. The van der Waals surface area contributed by atoms with Crippen LogP contribution < -0.4 is 0 Å². The van der Waals surface area contributed by atoms with E-state index in [0.29, 0.717) is 6.61 Å². The maximum Gasteiger partial charge on any atom is 0.138 e. The lowest BCUT2D eigenvalue weighted by molar-refractivity contribution is -0.0507. The third-order valence-electron chi connectivity index (χ3n) is 9.44. The van der Waals surface area contributed by atoms with E-state index in [1.807, 2.05) is 0 Å². The second-order valence-electron chi connectivity index (χ2n) is 11.2. The number of thioether (sulfide) groups is 1. The fraction of sp³-hybridized carbons (Fsp3) is 1.00. The van der Waals surface area contributed by atoms with Gasteiger partial charge in [-0.3, -0.25) is 0 Å². The van der Waals surface area contributed by atoms with Gasteiger partial charge in [0.1, 0.15) is 12.3 Å². The van der Waals surface area contributed by atoms with Crippen molar-refractivity contribution >= 4 is 11.8 Å². The second-order valence-corrected chi connectivity index (χ2v) is 12.6. The number of aliphatic hydroxyl groups excluding tert-OH is 1. The Morgan fingerprint density at radius 2 is 1.53 bits per heavy atom. The van der Waals surface area contributed by atoms with Gasteiger partial charge in [0.2, 0.25) is 0 Å². The van der Waals surface area contributed by atoms with Crippen molar-refractivity contribution in [2.45, 2.75) is 132 Å². The zero-order valence-electron chi connectivity index (χ0n) is 20.3. The summed E-state index contributed by atoms with van der Waals surface area (Å²) < 4.78 is 37.2. The van der Waals surface area contributed by atoms with Gasteiger partial charge in [-0.2, -0.15) is 0 Å². The number of alkyl halides is 2. The maximum absolute atomic E-state index is 15.8. The average Bonchev–Trinajstić information content (AvgIpc) is 3.21. The molecular formula is C27H46F2O2S. The van der Waals surface area contributed by atoms with Gasteiger partial charge in [-0.05, 0) is 68.6 Å². The normalized spacial score (nSPS) is 45.3. The van der Waals surface area contributed by atoms with Gasteiger partial charge in [0, 0.05) is 23.0 Å². The Hall–Kier alpha value is 0.130. The lowest BCUT2D eigenvalue weighted by Crippen LogP contribution is -2.47. The highest BCUT2D eigenvalue weighted by atomic mass is 32.2. The van der Waals surface area contributed by atoms with E-state index >= 15 is 8.78 Å². The monoisotopic (exact) mass is 472 g/mol. The van der Waals surface area contributed by atoms with Gasteiger partial charge in [0.25, 0.3) is 0 Å². The fourth-order valence-corrected chi connectivity index (χ4v) is 9.47. The molecule has 0 aromatic heterocycles. The van der Waals surface area contributed by atoms with Crippen LogP contribution in [-0.2, 0) is 4.74 Å². The molecule has 9 unspecified atom stereocenters. The highest BCUT2D eigenvalue weighted by Crippen LogP contribution is 2.58. The Morgan fingerprint density at radius 3 is 2.22 bits per heavy atom. The van der Waals surface area contributed by atoms with E-state index < -0.39 is 18.4 Å². The lowest BCUT2D eigenvalue weighted by atomic mass is 9.66. The van der Waals surface area contributed by atoms with Crippen LogP contribution >= 0.6 is 11.8 Å². The Labute approximate surface area is 199 Å². The van der Waals surface area contributed by atoms with Crippen molar-refractivity contribution in [1.82, 2.24) is 0 Å². The molecule has 3 aliphatic carbocycles. The molecule has 4 fully saturated rings. The van der Waals surface area contributed by atoms with Crippen LogP contribution in [0.15, 0.2) is 0 Å². The molecule has 32 heavy (non-hydrogen) atoms. The third kappa shape index (κ3) is 5.35. The molecule has 1 saturated heterocycles. The van der Waals surface area contributed by atoms with Crippen molar-refractivity contribution in [2.75, 3.05) is 6.61 Å².